The molecule has 0 bridgehead atoms. The Bertz CT molecular complexity index is 962. The Labute approximate surface area is 157 Å². The highest BCUT2D eigenvalue weighted by Gasteiger charge is 2.29. The van der Waals surface area contributed by atoms with E-state index in [1.165, 1.54) is 6.07 Å². The Morgan fingerprint density at radius 2 is 2.04 bits per heavy atom. The molecule has 1 saturated heterocycles. The van der Waals surface area contributed by atoms with Crippen LogP contribution in [0.25, 0.3) is 0 Å². The Kier molecular flexibility index (Phi) is 5.15. The number of aryl methyl sites for hydroxylation is 1. The Balaban J connectivity index is 1.79. The van der Waals surface area contributed by atoms with Gasteiger partial charge in [0.2, 0.25) is 0 Å². The lowest BCUT2D eigenvalue weighted by Crippen LogP contribution is -2.36. The molecule has 0 radical (unpaired) electrons. The third-order valence-electron chi connectivity index (χ3n) is 4.17. The number of hydrogen-bond donors (Lipinski definition) is 2. The van der Waals surface area contributed by atoms with Crippen LogP contribution in [0.15, 0.2) is 24.3 Å². The number of carbonyl (C=O) groups excluding carboxylic acids is 1. The molecule has 0 saturated carbocycles. The van der Waals surface area contributed by atoms with Crippen LogP contribution in [0.1, 0.15) is 28.3 Å². The first-order chi connectivity index (χ1) is 12.2. The fourth-order valence-corrected chi connectivity index (χ4v) is 4.64. The molecule has 1 aliphatic rings. The number of aromatic nitrogens is 2. The van der Waals surface area contributed by atoms with Crippen LogP contribution in [-0.2, 0) is 9.84 Å². The van der Waals surface area contributed by atoms with Crippen molar-refractivity contribution in [2.24, 2.45) is 0 Å². The Morgan fingerprint density at radius 3 is 2.73 bits per heavy atom. The first-order valence-electron chi connectivity index (χ1n) is 8.12. The van der Waals surface area contributed by atoms with Gasteiger partial charge in [0.25, 0.3) is 5.91 Å². The standard InChI is InChI=1S/C17H19ClN4O3S/c1-10-13(18)4-3-5-14(10)22-16-8-15(19-11(2)20-16)17(23)21-12-6-7-26(24,25)9-12/h3-5,8,12H,6-7,9H2,1-2H3,(H,21,23)(H,19,20,22). The van der Waals surface area contributed by atoms with Gasteiger partial charge in [-0.2, -0.15) is 0 Å². The summed E-state index contributed by atoms with van der Waals surface area (Å²) in [4.78, 5) is 20.9. The second kappa shape index (κ2) is 7.20. The van der Waals surface area contributed by atoms with Gasteiger partial charge in [-0.1, -0.05) is 17.7 Å². The van der Waals surface area contributed by atoms with Crippen LogP contribution in [-0.4, -0.2) is 41.8 Å². The largest absolute Gasteiger partial charge is 0.347 e. The molecule has 1 fully saturated rings. The van der Waals surface area contributed by atoms with Crippen LogP contribution >= 0.6 is 11.6 Å². The second-order valence-electron chi connectivity index (χ2n) is 6.30. The summed E-state index contributed by atoms with van der Waals surface area (Å²) in [5.74, 6) is 0.548. The van der Waals surface area contributed by atoms with Crippen molar-refractivity contribution in [3.8, 4) is 0 Å². The molecule has 7 nitrogen and oxygen atoms in total. The average molecular weight is 395 g/mol. The second-order valence-corrected chi connectivity index (χ2v) is 8.93. The lowest BCUT2D eigenvalue weighted by molar-refractivity contribution is 0.0935. The van der Waals surface area contributed by atoms with Gasteiger partial charge in [-0.25, -0.2) is 18.4 Å². The van der Waals surface area contributed by atoms with Crippen molar-refractivity contribution >= 4 is 38.9 Å². The summed E-state index contributed by atoms with van der Waals surface area (Å²) < 4.78 is 23.1. The van der Waals surface area contributed by atoms with Gasteiger partial charge < -0.3 is 10.6 Å². The molecule has 2 heterocycles. The van der Waals surface area contributed by atoms with Crippen LogP contribution in [0.4, 0.5) is 11.5 Å². The van der Waals surface area contributed by atoms with Gasteiger partial charge in [-0.05, 0) is 38.0 Å². The first-order valence-corrected chi connectivity index (χ1v) is 10.3. The maximum absolute atomic E-state index is 12.4. The summed E-state index contributed by atoms with van der Waals surface area (Å²) in [7, 11) is -3.06. The van der Waals surface area contributed by atoms with Crippen LogP contribution in [0, 0.1) is 13.8 Å². The number of carbonyl (C=O) groups is 1. The molecule has 1 unspecified atom stereocenters. The number of halogens is 1. The van der Waals surface area contributed by atoms with Crippen LogP contribution in [0.3, 0.4) is 0 Å². The maximum atomic E-state index is 12.4. The molecule has 1 amide bonds. The fourth-order valence-electron chi connectivity index (χ4n) is 2.80. The predicted octanol–water partition coefficient (Wildman–Crippen LogP) is 2.41. The molecular weight excluding hydrogens is 376 g/mol. The van der Waals surface area contributed by atoms with Crippen molar-refractivity contribution in [3.05, 3.63) is 46.4 Å². The lowest BCUT2D eigenvalue weighted by Gasteiger charge is -2.13. The summed E-state index contributed by atoms with van der Waals surface area (Å²) in [5.41, 5.74) is 1.83. The Hall–Kier alpha value is -2.19. The number of nitrogens with one attached hydrogen (secondary N) is 2. The highest BCUT2D eigenvalue weighted by Crippen LogP contribution is 2.25. The molecule has 138 valence electrons. The van der Waals surface area contributed by atoms with E-state index in [0.717, 1.165) is 11.3 Å². The number of amides is 1. The smallest absolute Gasteiger partial charge is 0.270 e. The van der Waals surface area contributed by atoms with E-state index in [1.54, 1.807) is 13.0 Å². The van der Waals surface area contributed by atoms with Crippen molar-refractivity contribution in [1.29, 1.82) is 0 Å². The SMILES string of the molecule is Cc1nc(Nc2cccc(Cl)c2C)cc(C(=O)NC2CCS(=O)(=O)C2)n1. The van der Waals surface area contributed by atoms with Gasteiger partial charge in [0.15, 0.2) is 9.84 Å². The highest BCUT2D eigenvalue weighted by molar-refractivity contribution is 7.91. The molecule has 1 aliphatic heterocycles. The summed E-state index contributed by atoms with van der Waals surface area (Å²) in [5, 5.41) is 6.50. The van der Waals surface area contributed by atoms with Crippen LogP contribution in [0.5, 0.6) is 0 Å². The minimum atomic E-state index is -3.06. The van der Waals surface area contributed by atoms with Crippen LogP contribution in [0.2, 0.25) is 5.02 Å². The van der Waals surface area contributed by atoms with E-state index in [9.17, 15) is 13.2 Å². The first kappa shape index (κ1) is 18.6. The fraction of sp³-hybridized carbons (Fsp3) is 0.353. The third-order valence-corrected chi connectivity index (χ3v) is 6.35. The zero-order chi connectivity index (χ0) is 18.9. The molecule has 0 spiro atoms. The maximum Gasteiger partial charge on any atom is 0.270 e. The van der Waals surface area contributed by atoms with Crippen LogP contribution < -0.4 is 10.6 Å². The van der Waals surface area contributed by atoms with Crippen molar-refractivity contribution in [3.63, 3.8) is 0 Å². The zero-order valence-electron chi connectivity index (χ0n) is 14.4. The molecular formula is C17H19ClN4O3S. The van der Waals surface area contributed by atoms with Crippen molar-refractivity contribution < 1.29 is 13.2 Å². The molecule has 1 aromatic carbocycles. The van der Waals surface area contributed by atoms with E-state index >= 15 is 0 Å². The molecule has 0 aliphatic carbocycles. The number of sulfone groups is 1. The number of benzene rings is 1. The molecule has 2 N–H and O–H groups in total. The van der Waals surface area contributed by atoms with E-state index in [4.69, 9.17) is 11.6 Å². The Morgan fingerprint density at radius 1 is 1.27 bits per heavy atom. The van der Waals surface area contributed by atoms with Gasteiger partial charge in [0.1, 0.15) is 17.3 Å². The quantitative estimate of drug-likeness (QED) is 0.825. The lowest BCUT2D eigenvalue weighted by atomic mass is 10.2. The van der Waals surface area contributed by atoms with E-state index < -0.39 is 15.7 Å². The monoisotopic (exact) mass is 394 g/mol. The topological polar surface area (TPSA) is 101 Å². The van der Waals surface area contributed by atoms with E-state index in [0.29, 0.717) is 23.1 Å². The zero-order valence-corrected chi connectivity index (χ0v) is 16.0. The summed E-state index contributed by atoms with van der Waals surface area (Å²) in [6, 6.07) is 6.63. The number of anilines is 2. The van der Waals surface area contributed by atoms with Gasteiger partial charge in [0.05, 0.1) is 11.5 Å². The predicted molar refractivity (Wildman–Crippen MR) is 101 cm³/mol. The summed E-state index contributed by atoms with van der Waals surface area (Å²) in [6.45, 7) is 3.57. The van der Waals surface area contributed by atoms with E-state index in [2.05, 4.69) is 20.6 Å². The number of hydrogen-bond acceptors (Lipinski definition) is 6. The molecule has 3 rings (SSSR count). The molecule has 9 heteroatoms. The van der Waals surface area contributed by atoms with Gasteiger partial charge in [-0.15, -0.1) is 0 Å². The van der Waals surface area contributed by atoms with Crippen molar-refractivity contribution in [2.75, 3.05) is 16.8 Å². The minimum Gasteiger partial charge on any atom is -0.347 e. The average Bonchev–Trinajstić information content (AvgIpc) is 2.90. The molecule has 1 aromatic heterocycles. The molecule has 1 atom stereocenters. The summed E-state index contributed by atoms with van der Waals surface area (Å²) in [6.07, 6.45) is 0.422. The number of nitrogens with zero attached hydrogens (tertiary/aromatic N) is 2. The van der Waals surface area contributed by atoms with Gasteiger partial charge in [0, 0.05) is 22.8 Å². The minimum absolute atomic E-state index is 0.0321. The third kappa shape index (κ3) is 4.31. The van der Waals surface area contributed by atoms with Gasteiger partial charge >= 0.3 is 0 Å². The highest BCUT2D eigenvalue weighted by atomic mass is 35.5. The molecule has 2 aromatic rings. The number of rotatable bonds is 4. The molecule has 26 heavy (non-hydrogen) atoms. The van der Waals surface area contributed by atoms with Gasteiger partial charge in [-0.3, -0.25) is 4.79 Å². The van der Waals surface area contributed by atoms with Crippen molar-refractivity contribution in [2.45, 2.75) is 26.3 Å². The summed E-state index contributed by atoms with van der Waals surface area (Å²) >= 11 is 6.13. The van der Waals surface area contributed by atoms with E-state index in [1.807, 2.05) is 19.1 Å². The van der Waals surface area contributed by atoms with Crippen molar-refractivity contribution in [1.82, 2.24) is 15.3 Å². The normalized spacial score (nSPS) is 18.5. The van der Waals surface area contributed by atoms with E-state index in [-0.39, 0.29) is 23.2 Å².